The quantitative estimate of drug-likeness (QED) is 0.431. The van der Waals surface area contributed by atoms with Gasteiger partial charge in [0, 0.05) is 23.2 Å². The Hall–Kier alpha value is -2.79. The molecule has 0 radical (unpaired) electrons. The summed E-state index contributed by atoms with van der Waals surface area (Å²) >= 11 is 3.62. The van der Waals surface area contributed by atoms with Crippen LogP contribution in [0.5, 0.6) is 11.5 Å². The largest absolute Gasteiger partial charge is 0.493 e. The van der Waals surface area contributed by atoms with E-state index in [4.69, 9.17) is 9.47 Å². The van der Waals surface area contributed by atoms with Crippen LogP contribution >= 0.6 is 15.9 Å². The average molecular weight is 492 g/mol. The zero-order valence-corrected chi connectivity index (χ0v) is 20.3. The summed E-state index contributed by atoms with van der Waals surface area (Å²) < 4.78 is 11.9. The van der Waals surface area contributed by atoms with Crippen LogP contribution in [0.4, 0.5) is 5.69 Å². The van der Waals surface area contributed by atoms with Crippen LogP contribution in [0.15, 0.2) is 58.6 Å². The number of anilines is 1. The van der Waals surface area contributed by atoms with Crippen molar-refractivity contribution < 1.29 is 14.3 Å². The van der Waals surface area contributed by atoms with Crippen LogP contribution in [0.25, 0.3) is 16.3 Å². The minimum Gasteiger partial charge on any atom is -0.493 e. The maximum Gasteiger partial charge on any atom is 0.174 e. The monoisotopic (exact) mass is 491 g/mol. The molecule has 1 aliphatic heterocycles. The molecule has 3 aromatic carbocycles. The molecule has 5 rings (SSSR count). The average Bonchev–Trinajstić information content (AvgIpc) is 2.76. The van der Waals surface area contributed by atoms with Crippen LogP contribution in [-0.2, 0) is 4.79 Å². The van der Waals surface area contributed by atoms with Crippen molar-refractivity contribution in [3.63, 3.8) is 0 Å². The van der Waals surface area contributed by atoms with E-state index in [0.29, 0.717) is 17.9 Å². The number of methoxy groups -OCH3 is 2. The second-order valence-corrected chi connectivity index (χ2v) is 10.2. The van der Waals surface area contributed by atoms with Gasteiger partial charge in [0.1, 0.15) is 0 Å². The number of fused-ring (bicyclic) bond motifs is 4. The molecule has 0 amide bonds. The van der Waals surface area contributed by atoms with E-state index in [1.807, 2.05) is 12.1 Å². The van der Waals surface area contributed by atoms with Gasteiger partial charge < -0.3 is 14.8 Å². The first kappa shape index (κ1) is 21.1. The predicted octanol–water partition coefficient (Wildman–Crippen LogP) is 6.93. The highest BCUT2D eigenvalue weighted by molar-refractivity contribution is 9.10. The first-order chi connectivity index (χ1) is 15.3. The Morgan fingerprint density at radius 1 is 1.03 bits per heavy atom. The van der Waals surface area contributed by atoms with Gasteiger partial charge in [-0.3, -0.25) is 4.79 Å². The van der Waals surface area contributed by atoms with Crippen molar-refractivity contribution in [2.45, 2.75) is 32.7 Å². The summed E-state index contributed by atoms with van der Waals surface area (Å²) in [7, 11) is 3.25. The number of hydrogen-bond acceptors (Lipinski definition) is 4. The van der Waals surface area contributed by atoms with Crippen molar-refractivity contribution in [3.8, 4) is 11.5 Å². The second kappa shape index (κ2) is 7.66. The molecule has 1 aliphatic carbocycles. The molecule has 1 atom stereocenters. The van der Waals surface area contributed by atoms with E-state index in [1.165, 1.54) is 10.8 Å². The maximum absolute atomic E-state index is 13.6. The van der Waals surface area contributed by atoms with Gasteiger partial charge in [-0.25, -0.2) is 0 Å². The van der Waals surface area contributed by atoms with E-state index < -0.39 is 0 Å². The van der Waals surface area contributed by atoms with Crippen molar-refractivity contribution >= 4 is 43.7 Å². The topological polar surface area (TPSA) is 47.6 Å². The van der Waals surface area contributed by atoms with E-state index in [2.05, 4.69) is 71.5 Å². The van der Waals surface area contributed by atoms with Crippen molar-refractivity contribution in [1.82, 2.24) is 0 Å². The van der Waals surface area contributed by atoms with Crippen molar-refractivity contribution in [3.05, 3.63) is 69.7 Å². The van der Waals surface area contributed by atoms with Crippen molar-refractivity contribution in [1.29, 1.82) is 0 Å². The zero-order chi connectivity index (χ0) is 22.6. The van der Waals surface area contributed by atoms with Gasteiger partial charge in [-0.2, -0.15) is 0 Å². The van der Waals surface area contributed by atoms with Crippen LogP contribution < -0.4 is 14.8 Å². The summed E-state index contributed by atoms with van der Waals surface area (Å²) in [5, 5.41) is 6.05. The maximum atomic E-state index is 13.6. The highest BCUT2D eigenvalue weighted by Gasteiger charge is 2.41. The predicted molar refractivity (Wildman–Crippen MR) is 132 cm³/mol. The minimum atomic E-state index is -0.252. The number of Topliss-reactive ketones (excluding diaryl/α,β-unsaturated/α-hetero) is 1. The molecule has 5 heteroatoms. The Bertz CT molecular complexity index is 1290. The number of ether oxygens (including phenoxy) is 2. The SMILES string of the molecule is COc1cc([C@H]2Nc3ccc4ccccc4c3C3=C2C(=O)CC(C)(C)C3)cc(Br)c1OC. The summed E-state index contributed by atoms with van der Waals surface area (Å²) in [5.41, 5.74) is 5.14. The Morgan fingerprint density at radius 3 is 2.56 bits per heavy atom. The molecule has 2 aliphatic rings. The molecule has 1 N–H and O–H groups in total. The molecule has 0 saturated carbocycles. The number of hydrogen-bond donors (Lipinski definition) is 1. The molecule has 164 valence electrons. The Balaban J connectivity index is 1.78. The first-order valence-electron chi connectivity index (χ1n) is 10.8. The van der Waals surface area contributed by atoms with E-state index in [9.17, 15) is 4.79 Å². The highest BCUT2D eigenvalue weighted by Crippen LogP contribution is 2.53. The Labute approximate surface area is 196 Å². The lowest BCUT2D eigenvalue weighted by atomic mass is 9.68. The zero-order valence-electron chi connectivity index (χ0n) is 18.7. The molecular weight excluding hydrogens is 466 g/mol. The molecule has 3 aromatic rings. The van der Waals surface area contributed by atoms with Gasteiger partial charge in [-0.05, 0) is 67.9 Å². The van der Waals surface area contributed by atoms with Gasteiger partial charge in [0.25, 0.3) is 0 Å². The number of ketones is 1. The molecule has 0 fully saturated rings. The lowest BCUT2D eigenvalue weighted by molar-refractivity contribution is -0.118. The van der Waals surface area contributed by atoms with Gasteiger partial charge in [0.05, 0.1) is 24.7 Å². The summed E-state index contributed by atoms with van der Waals surface area (Å²) in [6.45, 7) is 4.37. The smallest absolute Gasteiger partial charge is 0.174 e. The summed E-state index contributed by atoms with van der Waals surface area (Å²) in [6, 6.07) is 16.4. The molecule has 0 unspecified atom stereocenters. The standard InChI is InChI=1S/C27H26BrNO3/c1-27(2)13-18-23-17-8-6-5-7-15(17)9-10-20(23)29-25(24(18)21(30)14-27)16-11-19(28)26(32-4)22(12-16)31-3/h5-12,25,29H,13-14H2,1-4H3/t25-/m1/s1. The fourth-order valence-electron chi connectivity index (χ4n) is 5.19. The van der Waals surface area contributed by atoms with E-state index in [1.54, 1.807) is 14.2 Å². The van der Waals surface area contributed by atoms with Gasteiger partial charge in [0.2, 0.25) is 0 Å². The van der Waals surface area contributed by atoms with Crippen LogP contribution in [-0.4, -0.2) is 20.0 Å². The van der Waals surface area contributed by atoms with Crippen LogP contribution in [0, 0.1) is 5.41 Å². The van der Waals surface area contributed by atoms with E-state index >= 15 is 0 Å². The van der Waals surface area contributed by atoms with Crippen LogP contribution in [0.3, 0.4) is 0 Å². The van der Waals surface area contributed by atoms with Crippen LogP contribution in [0.1, 0.15) is 43.9 Å². The third-order valence-electron chi connectivity index (χ3n) is 6.53. The molecule has 0 saturated heterocycles. The third kappa shape index (κ3) is 3.30. The fraction of sp³-hybridized carbons (Fsp3) is 0.296. The molecule has 0 bridgehead atoms. The number of halogens is 1. The molecule has 1 heterocycles. The van der Waals surface area contributed by atoms with Gasteiger partial charge in [0.15, 0.2) is 17.3 Å². The number of rotatable bonds is 3. The summed E-state index contributed by atoms with van der Waals surface area (Å²) in [6.07, 6.45) is 1.40. The highest BCUT2D eigenvalue weighted by atomic mass is 79.9. The number of carbonyl (C=O) groups excluding carboxylic acids is 1. The van der Waals surface area contributed by atoms with E-state index in [-0.39, 0.29) is 17.2 Å². The van der Waals surface area contributed by atoms with E-state index in [0.717, 1.165) is 38.9 Å². The van der Waals surface area contributed by atoms with Gasteiger partial charge in [-0.1, -0.05) is 44.2 Å². The van der Waals surface area contributed by atoms with Crippen molar-refractivity contribution in [2.24, 2.45) is 5.41 Å². The Kier molecular flexibility index (Phi) is 5.05. The molecular formula is C27H26BrNO3. The van der Waals surface area contributed by atoms with Crippen molar-refractivity contribution in [2.75, 3.05) is 19.5 Å². The third-order valence-corrected chi connectivity index (χ3v) is 7.12. The van der Waals surface area contributed by atoms with Gasteiger partial charge in [-0.15, -0.1) is 0 Å². The number of carbonyl (C=O) groups is 1. The second-order valence-electron chi connectivity index (χ2n) is 9.36. The lowest BCUT2D eigenvalue weighted by Gasteiger charge is -2.40. The summed E-state index contributed by atoms with van der Waals surface area (Å²) in [5.74, 6) is 1.48. The van der Waals surface area contributed by atoms with Gasteiger partial charge >= 0.3 is 0 Å². The lowest BCUT2D eigenvalue weighted by Crippen LogP contribution is -2.33. The van der Waals surface area contributed by atoms with Crippen LogP contribution in [0.2, 0.25) is 0 Å². The normalized spacial score (nSPS) is 19.3. The minimum absolute atomic E-state index is 0.0792. The summed E-state index contributed by atoms with van der Waals surface area (Å²) in [4.78, 5) is 13.6. The fourth-order valence-corrected chi connectivity index (χ4v) is 5.81. The molecule has 0 spiro atoms. The number of allylic oxidation sites excluding steroid dienone is 1. The molecule has 32 heavy (non-hydrogen) atoms. The molecule has 0 aromatic heterocycles. The first-order valence-corrected chi connectivity index (χ1v) is 11.6. The number of nitrogens with one attached hydrogen (secondary N) is 1. The number of benzene rings is 3. The Morgan fingerprint density at radius 2 is 1.81 bits per heavy atom. The molecule has 4 nitrogen and oxygen atoms in total.